The molecule has 0 atom stereocenters. The Balaban J connectivity index is 1.58. The molecule has 0 bridgehead atoms. The number of aromatic nitrogens is 1. The molecule has 2 N–H and O–H groups in total. The zero-order valence-corrected chi connectivity index (χ0v) is 15.9. The van der Waals surface area contributed by atoms with E-state index in [4.69, 9.17) is 9.47 Å². The molecule has 7 heteroatoms. The number of benzene rings is 1. The fourth-order valence-corrected chi connectivity index (χ4v) is 3.01. The number of guanidine groups is 1. The van der Waals surface area contributed by atoms with E-state index in [2.05, 4.69) is 26.0 Å². The van der Waals surface area contributed by atoms with Crippen molar-refractivity contribution in [1.29, 1.82) is 0 Å². The minimum atomic E-state index is 0.561. The van der Waals surface area contributed by atoms with Gasteiger partial charge in [0.25, 0.3) is 0 Å². The molecule has 6 nitrogen and oxygen atoms in total. The van der Waals surface area contributed by atoms with E-state index in [9.17, 15) is 0 Å². The maximum Gasteiger partial charge on any atom is 0.191 e. The van der Waals surface area contributed by atoms with E-state index in [1.54, 1.807) is 25.5 Å². The number of hydrogen-bond donors (Lipinski definition) is 2. The molecular formula is C18H26N4O2S. The van der Waals surface area contributed by atoms with Crippen LogP contribution in [-0.2, 0) is 6.42 Å². The lowest BCUT2D eigenvalue weighted by Gasteiger charge is -2.12. The van der Waals surface area contributed by atoms with Gasteiger partial charge in [0, 0.05) is 31.1 Å². The fraction of sp³-hybridized carbons (Fsp3) is 0.444. The summed E-state index contributed by atoms with van der Waals surface area (Å²) in [6.45, 7) is 4.12. The van der Waals surface area contributed by atoms with Crippen molar-refractivity contribution in [2.24, 2.45) is 4.99 Å². The third kappa shape index (κ3) is 7.01. The highest BCUT2D eigenvalue weighted by molar-refractivity contribution is 7.09. The Morgan fingerprint density at radius 3 is 2.52 bits per heavy atom. The van der Waals surface area contributed by atoms with Gasteiger partial charge >= 0.3 is 0 Å². The van der Waals surface area contributed by atoms with Gasteiger partial charge in [-0.25, -0.2) is 4.98 Å². The number of methoxy groups -OCH3 is 1. The Hall–Kier alpha value is -2.28. The molecule has 0 saturated heterocycles. The monoisotopic (exact) mass is 362 g/mol. The Morgan fingerprint density at radius 2 is 1.88 bits per heavy atom. The van der Waals surface area contributed by atoms with Crippen molar-refractivity contribution < 1.29 is 9.47 Å². The van der Waals surface area contributed by atoms with Crippen molar-refractivity contribution >= 4 is 17.3 Å². The number of rotatable bonds is 9. The second-order valence-electron chi connectivity index (χ2n) is 5.44. The van der Waals surface area contributed by atoms with Crippen LogP contribution >= 0.6 is 11.3 Å². The highest BCUT2D eigenvalue weighted by atomic mass is 32.1. The quantitative estimate of drug-likeness (QED) is 0.408. The Labute approximate surface area is 153 Å². The first-order chi connectivity index (χ1) is 12.2. The van der Waals surface area contributed by atoms with Crippen LogP contribution in [0.4, 0.5) is 0 Å². The number of aryl methyl sites for hydroxylation is 2. The van der Waals surface area contributed by atoms with Gasteiger partial charge in [-0.2, -0.15) is 0 Å². The van der Waals surface area contributed by atoms with E-state index < -0.39 is 0 Å². The lowest BCUT2D eigenvalue weighted by atomic mass is 10.3. The van der Waals surface area contributed by atoms with Crippen molar-refractivity contribution in [3.05, 3.63) is 40.3 Å². The van der Waals surface area contributed by atoms with E-state index in [1.807, 2.05) is 31.2 Å². The van der Waals surface area contributed by atoms with Gasteiger partial charge in [0.15, 0.2) is 5.96 Å². The topological polar surface area (TPSA) is 67.8 Å². The van der Waals surface area contributed by atoms with Gasteiger partial charge in [-0.1, -0.05) is 0 Å². The smallest absolute Gasteiger partial charge is 0.191 e. The third-order valence-corrected chi connectivity index (χ3v) is 4.50. The molecule has 0 aliphatic carbocycles. The van der Waals surface area contributed by atoms with Gasteiger partial charge in [-0.3, -0.25) is 4.99 Å². The van der Waals surface area contributed by atoms with Crippen LogP contribution in [0.3, 0.4) is 0 Å². The number of hydrogen-bond acceptors (Lipinski definition) is 5. The Morgan fingerprint density at radius 1 is 1.16 bits per heavy atom. The molecule has 0 fully saturated rings. The minimum absolute atomic E-state index is 0.561. The summed E-state index contributed by atoms with van der Waals surface area (Å²) in [4.78, 5) is 8.68. The van der Waals surface area contributed by atoms with E-state index >= 15 is 0 Å². The maximum atomic E-state index is 5.68. The van der Waals surface area contributed by atoms with E-state index in [0.717, 1.165) is 42.5 Å². The molecule has 0 spiro atoms. The first-order valence-corrected chi connectivity index (χ1v) is 9.21. The van der Waals surface area contributed by atoms with Crippen LogP contribution in [0.2, 0.25) is 0 Å². The molecule has 0 radical (unpaired) electrons. The van der Waals surface area contributed by atoms with Crippen LogP contribution in [0.25, 0.3) is 0 Å². The number of ether oxygens (including phenoxy) is 2. The van der Waals surface area contributed by atoms with Crippen molar-refractivity contribution in [2.75, 3.05) is 33.9 Å². The SMILES string of the molecule is CN=C(NCCCc1nc(C)cs1)NCCOc1ccc(OC)cc1. The molecule has 2 rings (SSSR count). The number of nitrogens with one attached hydrogen (secondary N) is 2. The molecule has 0 unspecified atom stereocenters. The third-order valence-electron chi connectivity index (χ3n) is 3.47. The molecular weight excluding hydrogens is 336 g/mol. The summed E-state index contributed by atoms with van der Waals surface area (Å²) < 4.78 is 10.8. The van der Waals surface area contributed by atoms with E-state index in [0.29, 0.717) is 13.2 Å². The van der Waals surface area contributed by atoms with Crippen LogP contribution in [0.15, 0.2) is 34.6 Å². The highest BCUT2D eigenvalue weighted by Crippen LogP contribution is 2.16. The van der Waals surface area contributed by atoms with Gasteiger partial charge in [0.1, 0.15) is 18.1 Å². The first-order valence-electron chi connectivity index (χ1n) is 8.33. The van der Waals surface area contributed by atoms with Crippen molar-refractivity contribution in [1.82, 2.24) is 15.6 Å². The summed E-state index contributed by atoms with van der Waals surface area (Å²) in [5.74, 6) is 2.43. The van der Waals surface area contributed by atoms with Crippen LogP contribution in [0, 0.1) is 6.92 Å². The summed E-state index contributed by atoms with van der Waals surface area (Å²) in [7, 11) is 3.42. The van der Waals surface area contributed by atoms with Crippen molar-refractivity contribution in [3.63, 3.8) is 0 Å². The molecule has 2 aromatic rings. The average molecular weight is 362 g/mol. The summed E-state index contributed by atoms with van der Waals surface area (Å²) in [6, 6.07) is 7.55. The maximum absolute atomic E-state index is 5.68. The second-order valence-corrected chi connectivity index (χ2v) is 6.38. The Kier molecular flexibility index (Phi) is 8.04. The van der Waals surface area contributed by atoms with E-state index in [1.165, 1.54) is 5.01 Å². The van der Waals surface area contributed by atoms with Crippen LogP contribution in [0.5, 0.6) is 11.5 Å². The summed E-state index contributed by atoms with van der Waals surface area (Å²) in [5, 5.41) is 9.82. The van der Waals surface area contributed by atoms with Crippen molar-refractivity contribution in [2.45, 2.75) is 19.8 Å². The largest absolute Gasteiger partial charge is 0.497 e. The molecule has 25 heavy (non-hydrogen) atoms. The molecule has 1 aromatic heterocycles. The Bertz CT molecular complexity index is 655. The molecule has 1 aromatic carbocycles. The second kappa shape index (κ2) is 10.6. The van der Waals surface area contributed by atoms with Crippen LogP contribution < -0.4 is 20.1 Å². The lowest BCUT2D eigenvalue weighted by Crippen LogP contribution is -2.39. The first kappa shape index (κ1) is 19.1. The molecule has 136 valence electrons. The zero-order valence-electron chi connectivity index (χ0n) is 15.0. The van der Waals surface area contributed by atoms with Gasteiger partial charge in [0.2, 0.25) is 0 Å². The van der Waals surface area contributed by atoms with Gasteiger partial charge in [-0.05, 0) is 37.6 Å². The molecule has 0 saturated carbocycles. The molecule has 1 heterocycles. The standard InChI is InChI=1S/C18H26N4O2S/c1-14-13-25-17(22-14)5-4-10-20-18(19-2)21-11-12-24-16-8-6-15(23-3)7-9-16/h6-9,13H,4-5,10-12H2,1-3H3,(H2,19,20,21). The molecule has 0 aliphatic rings. The summed E-state index contributed by atoms with van der Waals surface area (Å²) in [6.07, 6.45) is 2.01. The predicted molar refractivity (Wildman–Crippen MR) is 103 cm³/mol. The number of aliphatic imine (C=N–C) groups is 1. The van der Waals surface area contributed by atoms with Gasteiger partial charge < -0.3 is 20.1 Å². The van der Waals surface area contributed by atoms with E-state index in [-0.39, 0.29) is 0 Å². The normalized spacial score (nSPS) is 11.2. The average Bonchev–Trinajstić information content (AvgIpc) is 3.06. The number of thiazole rings is 1. The summed E-state index contributed by atoms with van der Waals surface area (Å²) >= 11 is 1.72. The zero-order chi connectivity index (χ0) is 17.9. The molecule has 0 aliphatic heterocycles. The predicted octanol–water partition coefficient (Wildman–Crippen LogP) is 2.64. The summed E-state index contributed by atoms with van der Waals surface area (Å²) in [5.41, 5.74) is 1.10. The lowest BCUT2D eigenvalue weighted by molar-refractivity contribution is 0.321. The minimum Gasteiger partial charge on any atom is -0.497 e. The fourth-order valence-electron chi connectivity index (χ4n) is 2.19. The van der Waals surface area contributed by atoms with Crippen LogP contribution in [0.1, 0.15) is 17.1 Å². The van der Waals surface area contributed by atoms with Crippen molar-refractivity contribution in [3.8, 4) is 11.5 Å². The number of nitrogens with zero attached hydrogens (tertiary/aromatic N) is 2. The van der Waals surface area contributed by atoms with Gasteiger partial charge in [0.05, 0.1) is 18.7 Å². The van der Waals surface area contributed by atoms with Crippen LogP contribution in [-0.4, -0.2) is 44.8 Å². The molecule has 0 amide bonds. The highest BCUT2D eigenvalue weighted by Gasteiger charge is 2.01. The van der Waals surface area contributed by atoms with Gasteiger partial charge in [-0.15, -0.1) is 11.3 Å².